The predicted octanol–water partition coefficient (Wildman–Crippen LogP) is -0.838. The summed E-state index contributed by atoms with van der Waals surface area (Å²) >= 11 is 0. The van der Waals surface area contributed by atoms with Crippen LogP contribution in [0.25, 0.3) is 10.8 Å². The molecule has 0 saturated heterocycles. The van der Waals surface area contributed by atoms with Crippen LogP contribution in [-0.2, 0) is 11.2 Å². The third-order valence-electron chi connectivity index (χ3n) is 3.12. The molecule has 88 valence electrons. The summed E-state index contributed by atoms with van der Waals surface area (Å²) in [5, 5.41) is 13.2. The van der Waals surface area contributed by atoms with E-state index in [0.29, 0.717) is 12.8 Å². The smallest absolute Gasteiger partial charge is 0.550 e. The van der Waals surface area contributed by atoms with Gasteiger partial charge in [-0.15, -0.1) is 0 Å². The molecular formula is C15H15NaO2. The zero-order valence-corrected chi connectivity index (χ0v) is 12.8. The number of fused-ring (bicyclic) bond motifs is 1. The van der Waals surface area contributed by atoms with E-state index in [1.165, 1.54) is 5.39 Å². The van der Waals surface area contributed by atoms with E-state index in [0.717, 1.165) is 10.9 Å². The van der Waals surface area contributed by atoms with Crippen molar-refractivity contribution in [2.45, 2.75) is 19.8 Å². The molecule has 0 fully saturated rings. The predicted molar refractivity (Wildman–Crippen MR) is 66.4 cm³/mol. The summed E-state index contributed by atoms with van der Waals surface area (Å²) in [4.78, 5) is 10.9. The standard InChI is InChI=1S/C15H16O2.Na/c1-2-12(15(16)17)9-11-7-8-13-5-3-4-6-14(13)10-11;/h3-8,10,12H,2,9H2,1H3,(H,16,17);/q;+1/p-1. The second kappa shape index (κ2) is 6.93. The van der Waals surface area contributed by atoms with Crippen molar-refractivity contribution in [1.82, 2.24) is 0 Å². The Morgan fingerprint density at radius 2 is 1.83 bits per heavy atom. The van der Waals surface area contributed by atoms with Crippen molar-refractivity contribution in [2.75, 3.05) is 0 Å². The van der Waals surface area contributed by atoms with Gasteiger partial charge in [0.2, 0.25) is 0 Å². The van der Waals surface area contributed by atoms with Crippen LogP contribution in [0.15, 0.2) is 42.5 Å². The number of carbonyl (C=O) groups excluding carboxylic acids is 1. The van der Waals surface area contributed by atoms with E-state index in [9.17, 15) is 9.90 Å². The molecule has 18 heavy (non-hydrogen) atoms. The van der Waals surface area contributed by atoms with Crippen LogP contribution in [0.4, 0.5) is 0 Å². The second-order valence-corrected chi connectivity index (χ2v) is 4.31. The maximum absolute atomic E-state index is 10.9. The summed E-state index contributed by atoms with van der Waals surface area (Å²) in [6.07, 6.45) is 1.15. The molecule has 0 aromatic heterocycles. The van der Waals surface area contributed by atoms with Gasteiger partial charge in [-0.2, -0.15) is 0 Å². The number of hydrogen-bond acceptors (Lipinski definition) is 2. The maximum atomic E-state index is 10.9. The molecule has 2 rings (SSSR count). The van der Waals surface area contributed by atoms with Crippen LogP contribution in [0, 0.1) is 5.92 Å². The van der Waals surface area contributed by atoms with Gasteiger partial charge >= 0.3 is 29.6 Å². The SMILES string of the molecule is CCC(Cc1ccc2ccccc2c1)C(=O)[O-].[Na+]. The largest absolute Gasteiger partial charge is 1.00 e. The Morgan fingerprint density at radius 1 is 1.17 bits per heavy atom. The minimum atomic E-state index is -0.958. The van der Waals surface area contributed by atoms with Crippen LogP contribution in [0.2, 0.25) is 0 Å². The number of carbonyl (C=O) groups is 1. The first-order valence-electron chi connectivity index (χ1n) is 5.89. The van der Waals surface area contributed by atoms with Gasteiger partial charge in [0, 0.05) is 11.9 Å². The van der Waals surface area contributed by atoms with Gasteiger partial charge in [0.15, 0.2) is 0 Å². The van der Waals surface area contributed by atoms with Crippen LogP contribution in [0.1, 0.15) is 18.9 Å². The molecule has 1 unspecified atom stereocenters. The first-order valence-corrected chi connectivity index (χ1v) is 5.89. The van der Waals surface area contributed by atoms with Gasteiger partial charge in [0.05, 0.1) is 0 Å². The van der Waals surface area contributed by atoms with Gasteiger partial charge in [-0.3, -0.25) is 0 Å². The van der Waals surface area contributed by atoms with E-state index >= 15 is 0 Å². The van der Waals surface area contributed by atoms with Crippen molar-refractivity contribution < 1.29 is 39.5 Å². The molecule has 1 atom stereocenters. The molecule has 0 aliphatic rings. The first-order chi connectivity index (χ1) is 8.20. The summed E-state index contributed by atoms with van der Waals surface area (Å²) in [6, 6.07) is 14.2. The fourth-order valence-electron chi connectivity index (χ4n) is 2.04. The van der Waals surface area contributed by atoms with E-state index in [1.54, 1.807) is 0 Å². The molecule has 2 aromatic carbocycles. The average molecular weight is 250 g/mol. The van der Waals surface area contributed by atoms with Crippen molar-refractivity contribution in [2.24, 2.45) is 5.92 Å². The molecular weight excluding hydrogens is 235 g/mol. The van der Waals surface area contributed by atoms with E-state index in [2.05, 4.69) is 12.1 Å². The fraction of sp³-hybridized carbons (Fsp3) is 0.267. The average Bonchev–Trinajstić information content (AvgIpc) is 2.35. The molecule has 0 saturated carbocycles. The summed E-state index contributed by atoms with van der Waals surface area (Å²) in [5.41, 5.74) is 1.06. The number of benzene rings is 2. The van der Waals surface area contributed by atoms with Crippen LogP contribution < -0.4 is 34.7 Å². The van der Waals surface area contributed by atoms with E-state index in [1.807, 2.05) is 37.3 Å². The maximum Gasteiger partial charge on any atom is 1.00 e. The van der Waals surface area contributed by atoms with Crippen molar-refractivity contribution in [1.29, 1.82) is 0 Å². The molecule has 0 aliphatic carbocycles. The zero-order valence-electron chi connectivity index (χ0n) is 10.8. The Balaban J connectivity index is 0.00000162. The molecule has 0 amide bonds. The molecule has 0 spiro atoms. The Kier molecular flexibility index (Phi) is 5.86. The summed E-state index contributed by atoms with van der Waals surface area (Å²) in [6.45, 7) is 1.88. The van der Waals surface area contributed by atoms with Gasteiger partial charge in [-0.25, -0.2) is 0 Å². The zero-order chi connectivity index (χ0) is 12.3. The molecule has 0 aliphatic heterocycles. The quantitative estimate of drug-likeness (QED) is 0.664. The number of hydrogen-bond donors (Lipinski definition) is 0. The van der Waals surface area contributed by atoms with Gasteiger partial charge in [-0.1, -0.05) is 49.4 Å². The molecule has 0 N–H and O–H groups in total. The third kappa shape index (κ3) is 3.58. The molecule has 0 bridgehead atoms. The first kappa shape index (κ1) is 15.2. The van der Waals surface area contributed by atoms with Crippen LogP contribution in [0.3, 0.4) is 0 Å². The summed E-state index contributed by atoms with van der Waals surface area (Å²) in [7, 11) is 0. The molecule has 3 heteroatoms. The topological polar surface area (TPSA) is 40.1 Å². The Hall–Kier alpha value is -0.830. The Labute approximate surface area is 129 Å². The molecule has 2 nitrogen and oxygen atoms in total. The normalized spacial score (nSPS) is 11.8. The van der Waals surface area contributed by atoms with Gasteiger partial charge in [0.25, 0.3) is 0 Å². The number of rotatable bonds is 4. The number of aliphatic carboxylic acids is 1. The van der Waals surface area contributed by atoms with Gasteiger partial charge < -0.3 is 9.90 Å². The Morgan fingerprint density at radius 3 is 2.44 bits per heavy atom. The van der Waals surface area contributed by atoms with Crippen molar-refractivity contribution >= 4 is 16.7 Å². The number of carboxylic acid groups (broad SMARTS) is 1. The van der Waals surface area contributed by atoms with Crippen LogP contribution in [0.5, 0.6) is 0 Å². The van der Waals surface area contributed by atoms with Crippen molar-refractivity contribution in [3.63, 3.8) is 0 Å². The second-order valence-electron chi connectivity index (χ2n) is 4.31. The number of carboxylic acids is 1. The van der Waals surface area contributed by atoms with Crippen LogP contribution in [-0.4, -0.2) is 5.97 Å². The molecule has 0 heterocycles. The summed E-state index contributed by atoms with van der Waals surface area (Å²) in [5.74, 6) is -1.35. The van der Waals surface area contributed by atoms with E-state index in [-0.39, 0.29) is 29.6 Å². The van der Waals surface area contributed by atoms with Crippen molar-refractivity contribution in [3.8, 4) is 0 Å². The molecule has 2 aromatic rings. The monoisotopic (exact) mass is 250 g/mol. The minimum Gasteiger partial charge on any atom is -0.550 e. The van der Waals surface area contributed by atoms with E-state index in [4.69, 9.17) is 0 Å². The van der Waals surface area contributed by atoms with Gasteiger partial charge in [-0.05, 0) is 29.2 Å². The Bertz CT molecular complexity index is 537. The minimum absolute atomic E-state index is 0. The molecule has 0 radical (unpaired) electrons. The van der Waals surface area contributed by atoms with E-state index < -0.39 is 11.9 Å². The van der Waals surface area contributed by atoms with Gasteiger partial charge in [0.1, 0.15) is 0 Å². The van der Waals surface area contributed by atoms with Crippen LogP contribution >= 0.6 is 0 Å². The summed E-state index contributed by atoms with van der Waals surface area (Å²) < 4.78 is 0. The fourth-order valence-corrected chi connectivity index (χ4v) is 2.04. The third-order valence-corrected chi connectivity index (χ3v) is 3.12. The van der Waals surface area contributed by atoms with Crippen molar-refractivity contribution in [3.05, 3.63) is 48.0 Å².